The monoisotopic (exact) mass is 308 g/mol. The van der Waals surface area contributed by atoms with Gasteiger partial charge in [0.25, 0.3) is 0 Å². The molecule has 0 bridgehead atoms. The van der Waals surface area contributed by atoms with Gasteiger partial charge in [0, 0.05) is 32.2 Å². The molecule has 1 aliphatic heterocycles. The van der Waals surface area contributed by atoms with Gasteiger partial charge in [-0.3, -0.25) is 9.89 Å². The highest BCUT2D eigenvalue weighted by molar-refractivity contribution is 5.80. The standard InChI is InChI=1S/C13H23F3N4O/c1-8-6-20(9-3-4-9)7-10(8)19-12(17-2)18-5-11(21)13(14,15)16/h8-11,21H,3-7H2,1-2H3,(H2,17,18,19). The van der Waals surface area contributed by atoms with Crippen molar-refractivity contribution in [2.75, 3.05) is 26.7 Å². The minimum Gasteiger partial charge on any atom is -0.382 e. The van der Waals surface area contributed by atoms with Crippen LogP contribution in [0.3, 0.4) is 0 Å². The van der Waals surface area contributed by atoms with Crippen LogP contribution in [0.25, 0.3) is 0 Å². The average molecular weight is 308 g/mol. The summed E-state index contributed by atoms with van der Waals surface area (Å²) in [5, 5.41) is 14.7. The minimum absolute atomic E-state index is 0.167. The maximum atomic E-state index is 12.3. The van der Waals surface area contributed by atoms with Crippen LogP contribution in [0.5, 0.6) is 0 Å². The maximum Gasteiger partial charge on any atom is 0.416 e. The molecule has 3 atom stereocenters. The first-order valence-corrected chi connectivity index (χ1v) is 7.27. The quantitative estimate of drug-likeness (QED) is 0.525. The molecule has 0 amide bonds. The van der Waals surface area contributed by atoms with Crippen molar-refractivity contribution in [2.24, 2.45) is 10.9 Å². The van der Waals surface area contributed by atoms with E-state index in [-0.39, 0.29) is 6.04 Å². The molecule has 3 unspecified atom stereocenters. The average Bonchev–Trinajstić information content (AvgIpc) is 3.18. The van der Waals surface area contributed by atoms with Gasteiger partial charge >= 0.3 is 6.18 Å². The lowest BCUT2D eigenvalue weighted by molar-refractivity contribution is -0.201. The molecular weight excluding hydrogens is 285 g/mol. The molecule has 1 aliphatic carbocycles. The highest BCUT2D eigenvalue weighted by atomic mass is 19.4. The summed E-state index contributed by atoms with van der Waals surface area (Å²) in [4.78, 5) is 6.34. The molecule has 0 aromatic carbocycles. The molecule has 8 heteroatoms. The van der Waals surface area contributed by atoms with Crippen molar-refractivity contribution in [3.63, 3.8) is 0 Å². The zero-order valence-electron chi connectivity index (χ0n) is 12.3. The number of guanidine groups is 1. The van der Waals surface area contributed by atoms with E-state index in [1.165, 1.54) is 19.9 Å². The van der Waals surface area contributed by atoms with Crippen LogP contribution in [0.1, 0.15) is 19.8 Å². The van der Waals surface area contributed by atoms with Gasteiger partial charge in [-0.05, 0) is 18.8 Å². The molecular formula is C13H23F3N4O. The number of hydrogen-bond acceptors (Lipinski definition) is 3. The topological polar surface area (TPSA) is 59.9 Å². The van der Waals surface area contributed by atoms with Crippen molar-refractivity contribution in [3.05, 3.63) is 0 Å². The third kappa shape index (κ3) is 4.47. The molecule has 21 heavy (non-hydrogen) atoms. The van der Waals surface area contributed by atoms with Crippen molar-refractivity contribution >= 4 is 5.96 Å². The van der Waals surface area contributed by atoms with Gasteiger partial charge in [-0.15, -0.1) is 0 Å². The van der Waals surface area contributed by atoms with Crippen LogP contribution < -0.4 is 10.6 Å². The Bertz CT molecular complexity index is 384. The van der Waals surface area contributed by atoms with Gasteiger partial charge in [-0.2, -0.15) is 13.2 Å². The Balaban J connectivity index is 1.79. The van der Waals surface area contributed by atoms with Crippen molar-refractivity contribution in [1.29, 1.82) is 0 Å². The van der Waals surface area contributed by atoms with Crippen molar-refractivity contribution in [3.8, 4) is 0 Å². The molecule has 5 nitrogen and oxygen atoms in total. The Morgan fingerprint density at radius 2 is 2.05 bits per heavy atom. The Morgan fingerprint density at radius 1 is 1.38 bits per heavy atom. The highest BCUT2D eigenvalue weighted by Gasteiger charge is 2.39. The summed E-state index contributed by atoms with van der Waals surface area (Å²) in [6.45, 7) is 3.41. The number of aliphatic hydroxyl groups excluding tert-OH is 1. The van der Waals surface area contributed by atoms with Crippen LogP contribution in [0.2, 0.25) is 0 Å². The fourth-order valence-corrected chi connectivity index (χ4v) is 2.61. The molecule has 0 aromatic heterocycles. The van der Waals surface area contributed by atoms with E-state index in [9.17, 15) is 13.2 Å². The number of likely N-dealkylation sites (tertiary alicyclic amines) is 1. The summed E-state index contributed by atoms with van der Waals surface area (Å²) in [5.74, 6) is 0.712. The van der Waals surface area contributed by atoms with Crippen LogP contribution in [0.15, 0.2) is 4.99 Å². The summed E-state index contributed by atoms with van der Waals surface area (Å²) in [5.41, 5.74) is 0. The van der Waals surface area contributed by atoms with Crippen molar-refractivity contribution in [1.82, 2.24) is 15.5 Å². The van der Waals surface area contributed by atoms with E-state index in [2.05, 4.69) is 27.4 Å². The molecule has 0 spiro atoms. The van der Waals surface area contributed by atoms with Gasteiger partial charge in [-0.1, -0.05) is 6.92 Å². The van der Waals surface area contributed by atoms with Crippen LogP contribution >= 0.6 is 0 Å². The normalized spacial score (nSPS) is 29.5. The molecule has 2 fully saturated rings. The number of nitrogens with one attached hydrogen (secondary N) is 2. The SMILES string of the molecule is CN=C(NCC(O)C(F)(F)F)NC1CN(C2CC2)CC1C. The third-order valence-electron chi connectivity index (χ3n) is 4.09. The van der Waals surface area contributed by atoms with Gasteiger partial charge in [0.1, 0.15) is 0 Å². The molecule has 0 radical (unpaired) electrons. The summed E-state index contributed by atoms with van der Waals surface area (Å²) in [6, 6.07) is 0.848. The van der Waals surface area contributed by atoms with Gasteiger partial charge in [0.05, 0.1) is 6.54 Å². The van der Waals surface area contributed by atoms with Crippen molar-refractivity contribution in [2.45, 2.75) is 44.1 Å². The molecule has 1 heterocycles. The van der Waals surface area contributed by atoms with Gasteiger partial charge in [-0.25, -0.2) is 0 Å². The van der Waals surface area contributed by atoms with E-state index in [1.54, 1.807) is 0 Å². The Kier molecular flexibility index (Phi) is 4.98. The van der Waals surface area contributed by atoms with Crippen molar-refractivity contribution < 1.29 is 18.3 Å². The lowest BCUT2D eigenvalue weighted by atomic mass is 10.1. The number of halogens is 3. The molecule has 3 N–H and O–H groups in total. The Hall–Kier alpha value is -1.02. The summed E-state index contributed by atoms with van der Waals surface area (Å²) in [6.07, 6.45) is -4.52. The number of aliphatic imine (C=N–C) groups is 1. The highest BCUT2D eigenvalue weighted by Crippen LogP contribution is 2.31. The largest absolute Gasteiger partial charge is 0.416 e. The summed E-state index contributed by atoms with van der Waals surface area (Å²) >= 11 is 0. The first kappa shape index (κ1) is 16.4. The van der Waals surface area contributed by atoms with Gasteiger partial charge in [0.2, 0.25) is 0 Å². The van der Waals surface area contributed by atoms with E-state index in [1.807, 2.05) is 0 Å². The van der Waals surface area contributed by atoms with E-state index >= 15 is 0 Å². The predicted molar refractivity (Wildman–Crippen MR) is 74.1 cm³/mol. The van der Waals surface area contributed by atoms with Crippen LogP contribution in [-0.2, 0) is 0 Å². The maximum absolute atomic E-state index is 12.3. The Morgan fingerprint density at radius 3 is 2.57 bits per heavy atom. The zero-order chi connectivity index (χ0) is 15.6. The number of alkyl halides is 3. The smallest absolute Gasteiger partial charge is 0.382 e. The lowest BCUT2D eigenvalue weighted by Gasteiger charge is -2.22. The number of nitrogens with zero attached hydrogens (tertiary/aromatic N) is 2. The van der Waals surface area contributed by atoms with Crippen LogP contribution in [0.4, 0.5) is 13.2 Å². The van der Waals surface area contributed by atoms with E-state index in [0.29, 0.717) is 17.9 Å². The second-order valence-electron chi connectivity index (χ2n) is 5.92. The number of hydrogen-bond donors (Lipinski definition) is 3. The zero-order valence-corrected chi connectivity index (χ0v) is 12.3. The first-order valence-electron chi connectivity index (χ1n) is 7.27. The third-order valence-corrected chi connectivity index (χ3v) is 4.09. The van der Waals surface area contributed by atoms with E-state index in [0.717, 1.165) is 13.1 Å². The van der Waals surface area contributed by atoms with Crippen LogP contribution in [0, 0.1) is 5.92 Å². The summed E-state index contributed by atoms with van der Waals surface area (Å²) < 4.78 is 36.8. The first-order chi connectivity index (χ1) is 9.81. The molecule has 2 rings (SSSR count). The molecule has 122 valence electrons. The predicted octanol–water partition coefficient (Wildman–Crippen LogP) is 0.557. The molecule has 2 aliphatic rings. The second kappa shape index (κ2) is 6.39. The molecule has 0 aromatic rings. The Labute approximate surface area is 122 Å². The number of aliphatic hydroxyl groups is 1. The minimum atomic E-state index is -4.62. The molecule has 1 saturated heterocycles. The number of rotatable bonds is 4. The fourth-order valence-electron chi connectivity index (χ4n) is 2.61. The van der Waals surface area contributed by atoms with E-state index < -0.39 is 18.8 Å². The fraction of sp³-hybridized carbons (Fsp3) is 0.923. The summed E-state index contributed by atoms with van der Waals surface area (Å²) in [7, 11) is 1.51. The molecule has 1 saturated carbocycles. The van der Waals surface area contributed by atoms with Gasteiger partial charge < -0.3 is 15.7 Å². The lowest BCUT2D eigenvalue weighted by Crippen LogP contribution is -2.50. The van der Waals surface area contributed by atoms with Gasteiger partial charge in [0.15, 0.2) is 12.1 Å². The van der Waals surface area contributed by atoms with E-state index in [4.69, 9.17) is 5.11 Å². The second-order valence-corrected chi connectivity index (χ2v) is 5.92. The van der Waals surface area contributed by atoms with Crippen LogP contribution in [-0.4, -0.2) is 67.0 Å².